The summed E-state index contributed by atoms with van der Waals surface area (Å²) >= 11 is 7.20. The van der Waals surface area contributed by atoms with Crippen LogP contribution < -0.4 is 10.6 Å². The van der Waals surface area contributed by atoms with Crippen molar-refractivity contribution >= 4 is 52.2 Å². The Balaban J connectivity index is 1.55. The fourth-order valence-corrected chi connectivity index (χ4v) is 3.25. The van der Waals surface area contributed by atoms with Crippen molar-refractivity contribution < 1.29 is 14.0 Å². The minimum Gasteiger partial charge on any atom is -0.463 e. The maximum atomic E-state index is 12.2. The first-order chi connectivity index (χ1) is 12.5. The number of furan rings is 1. The molecular formula is C17H15ClN4O3S. The summed E-state index contributed by atoms with van der Waals surface area (Å²) in [5.41, 5.74) is 1.51. The molecule has 2 amide bonds. The lowest BCUT2D eigenvalue weighted by molar-refractivity contribution is -0.122. The second kappa shape index (κ2) is 8.20. The molecular weight excluding hydrogens is 376 g/mol. The standard InChI is InChI=1S/C17H15ClN4O3S/c1-10-4-5-11(7-13(10)18)20-15(23)8-14-16(24)21-17(26-14)22-19-9-12-3-2-6-25-12/h2-7,9,14H,8H2,1H3,(H,20,23)(H,21,22,24)/b19-9-/t14-/m1/s1. The lowest BCUT2D eigenvalue weighted by atomic mass is 10.2. The molecule has 0 spiro atoms. The molecule has 1 aromatic carbocycles. The summed E-state index contributed by atoms with van der Waals surface area (Å²) in [5, 5.41) is 13.5. The number of carbonyl (C=O) groups excluding carboxylic acids is 2. The molecule has 1 saturated heterocycles. The lowest BCUT2D eigenvalue weighted by Crippen LogP contribution is -2.28. The van der Waals surface area contributed by atoms with Crippen molar-refractivity contribution in [2.75, 3.05) is 5.32 Å². The van der Waals surface area contributed by atoms with Crippen LogP contribution >= 0.6 is 23.4 Å². The van der Waals surface area contributed by atoms with E-state index in [1.165, 1.54) is 12.5 Å². The highest BCUT2D eigenvalue weighted by Crippen LogP contribution is 2.24. The highest BCUT2D eigenvalue weighted by Gasteiger charge is 2.32. The van der Waals surface area contributed by atoms with E-state index >= 15 is 0 Å². The van der Waals surface area contributed by atoms with Crippen molar-refractivity contribution in [2.45, 2.75) is 18.6 Å². The van der Waals surface area contributed by atoms with Gasteiger partial charge in [0.25, 0.3) is 0 Å². The number of nitrogens with zero attached hydrogens (tertiary/aromatic N) is 2. The molecule has 1 atom stereocenters. The van der Waals surface area contributed by atoms with E-state index in [1.54, 1.807) is 24.3 Å². The molecule has 134 valence electrons. The Bertz CT molecular complexity index is 880. The number of amidine groups is 1. The molecule has 0 aliphatic carbocycles. The van der Waals surface area contributed by atoms with Gasteiger partial charge in [-0.15, -0.1) is 5.10 Å². The van der Waals surface area contributed by atoms with Crippen molar-refractivity contribution in [3.8, 4) is 0 Å². The smallest absolute Gasteiger partial charge is 0.240 e. The van der Waals surface area contributed by atoms with Gasteiger partial charge in [-0.3, -0.25) is 9.59 Å². The summed E-state index contributed by atoms with van der Waals surface area (Å²) in [6.07, 6.45) is 2.97. The van der Waals surface area contributed by atoms with Crippen molar-refractivity contribution in [1.29, 1.82) is 0 Å². The molecule has 0 bridgehead atoms. The monoisotopic (exact) mass is 390 g/mol. The molecule has 2 aromatic rings. The predicted molar refractivity (Wildman–Crippen MR) is 103 cm³/mol. The quantitative estimate of drug-likeness (QED) is 0.605. The predicted octanol–water partition coefficient (Wildman–Crippen LogP) is 3.19. The molecule has 2 heterocycles. The van der Waals surface area contributed by atoms with Crippen molar-refractivity contribution in [3.63, 3.8) is 0 Å². The summed E-state index contributed by atoms with van der Waals surface area (Å²) < 4.78 is 5.09. The number of hydrogen-bond donors (Lipinski definition) is 2. The number of amides is 2. The Hall–Kier alpha value is -2.58. The van der Waals surface area contributed by atoms with Gasteiger partial charge < -0.3 is 15.1 Å². The normalized spacial score (nSPS) is 18.5. The van der Waals surface area contributed by atoms with Gasteiger partial charge in [0.1, 0.15) is 11.0 Å². The van der Waals surface area contributed by atoms with E-state index in [0.717, 1.165) is 17.3 Å². The van der Waals surface area contributed by atoms with Crippen LogP contribution in [0.1, 0.15) is 17.7 Å². The molecule has 0 saturated carbocycles. The average molecular weight is 391 g/mol. The van der Waals surface area contributed by atoms with Crippen LogP contribution in [0.3, 0.4) is 0 Å². The van der Waals surface area contributed by atoms with Crippen LogP contribution in [-0.4, -0.2) is 28.4 Å². The third kappa shape index (κ3) is 4.74. The molecule has 2 N–H and O–H groups in total. The van der Waals surface area contributed by atoms with Gasteiger partial charge in [-0.25, -0.2) is 0 Å². The van der Waals surface area contributed by atoms with Crippen LogP contribution in [0.25, 0.3) is 0 Å². The first-order valence-corrected chi connectivity index (χ1v) is 8.95. The number of benzene rings is 1. The number of anilines is 1. The fourth-order valence-electron chi connectivity index (χ4n) is 2.14. The zero-order chi connectivity index (χ0) is 18.5. The molecule has 1 aliphatic rings. The Morgan fingerprint density at radius 2 is 2.31 bits per heavy atom. The number of nitrogens with one attached hydrogen (secondary N) is 2. The van der Waals surface area contributed by atoms with E-state index in [4.69, 9.17) is 16.0 Å². The number of rotatable bonds is 5. The van der Waals surface area contributed by atoms with E-state index in [1.807, 2.05) is 13.0 Å². The van der Waals surface area contributed by atoms with Gasteiger partial charge in [-0.05, 0) is 36.8 Å². The molecule has 1 aliphatic heterocycles. The van der Waals surface area contributed by atoms with E-state index in [9.17, 15) is 9.59 Å². The fraction of sp³-hybridized carbons (Fsp3) is 0.176. The van der Waals surface area contributed by atoms with Gasteiger partial charge >= 0.3 is 0 Å². The summed E-state index contributed by atoms with van der Waals surface area (Å²) in [7, 11) is 0. The van der Waals surface area contributed by atoms with Crippen LogP contribution in [-0.2, 0) is 9.59 Å². The molecule has 3 rings (SSSR count). The third-order valence-corrected chi connectivity index (χ3v) is 4.96. The summed E-state index contributed by atoms with van der Waals surface area (Å²) in [5.74, 6) is -0.00620. The van der Waals surface area contributed by atoms with Gasteiger partial charge in [0, 0.05) is 17.1 Å². The molecule has 7 nitrogen and oxygen atoms in total. The van der Waals surface area contributed by atoms with Crippen molar-refractivity contribution in [1.82, 2.24) is 5.32 Å². The van der Waals surface area contributed by atoms with Crippen LogP contribution in [0.4, 0.5) is 5.69 Å². The van der Waals surface area contributed by atoms with Gasteiger partial charge in [0.2, 0.25) is 11.8 Å². The van der Waals surface area contributed by atoms with E-state index in [0.29, 0.717) is 21.6 Å². The van der Waals surface area contributed by atoms with Crippen LogP contribution in [0.15, 0.2) is 51.2 Å². The Morgan fingerprint density at radius 3 is 3.04 bits per heavy atom. The summed E-state index contributed by atoms with van der Waals surface area (Å²) in [6.45, 7) is 1.88. The first-order valence-electron chi connectivity index (χ1n) is 7.69. The first kappa shape index (κ1) is 18.2. The molecule has 0 unspecified atom stereocenters. The minimum atomic E-state index is -0.562. The molecule has 1 aromatic heterocycles. The lowest BCUT2D eigenvalue weighted by Gasteiger charge is -2.08. The van der Waals surface area contributed by atoms with E-state index < -0.39 is 5.25 Å². The zero-order valence-corrected chi connectivity index (χ0v) is 15.3. The maximum Gasteiger partial charge on any atom is 0.240 e. The molecule has 26 heavy (non-hydrogen) atoms. The third-order valence-electron chi connectivity index (χ3n) is 3.48. The molecule has 0 radical (unpaired) electrons. The number of thioether (sulfide) groups is 1. The van der Waals surface area contributed by atoms with Crippen LogP contribution in [0.5, 0.6) is 0 Å². The Labute approximate surface area is 158 Å². The maximum absolute atomic E-state index is 12.2. The Kier molecular flexibility index (Phi) is 5.75. The van der Waals surface area contributed by atoms with E-state index in [-0.39, 0.29) is 18.2 Å². The number of carbonyl (C=O) groups is 2. The van der Waals surface area contributed by atoms with Gasteiger partial charge in [0.05, 0.1) is 12.5 Å². The number of hydrogen-bond acceptors (Lipinski definition) is 6. The minimum absolute atomic E-state index is 0.0168. The van der Waals surface area contributed by atoms with Crippen molar-refractivity contribution in [3.05, 3.63) is 52.9 Å². The van der Waals surface area contributed by atoms with Crippen molar-refractivity contribution in [2.24, 2.45) is 10.2 Å². The van der Waals surface area contributed by atoms with Gasteiger partial charge in [-0.2, -0.15) is 5.10 Å². The Morgan fingerprint density at radius 1 is 1.46 bits per heavy atom. The van der Waals surface area contributed by atoms with Gasteiger partial charge in [0.15, 0.2) is 5.17 Å². The highest BCUT2D eigenvalue weighted by molar-refractivity contribution is 8.15. The SMILES string of the molecule is Cc1ccc(NC(=O)C[C@H]2S/C(=N/N=C\c3ccco3)NC2=O)cc1Cl. The van der Waals surface area contributed by atoms with Gasteiger partial charge in [-0.1, -0.05) is 29.4 Å². The average Bonchev–Trinajstić information content (AvgIpc) is 3.22. The molecule has 9 heteroatoms. The largest absolute Gasteiger partial charge is 0.463 e. The second-order valence-electron chi connectivity index (χ2n) is 5.48. The van der Waals surface area contributed by atoms with Crippen LogP contribution in [0, 0.1) is 6.92 Å². The number of aryl methyl sites for hydroxylation is 1. The number of halogens is 1. The van der Waals surface area contributed by atoms with Crippen LogP contribution in [0.2, 0.25) is 5.02 Å². The summed E-state index contributed by atoms with van der Waals surface area (Å²) in [6, 6.07) is 8.71. The molecule has 1 fully saturated rings. The highest BCUT2D eigenvalue weighted by atomic mass is 35.5. The zero-order valence-electron chi connectivity index (χ0n) is 13.7. The topological polar surface area (TPSA) is 96.1 Å². The van der Waals surface area contributed by atoms with E-state index in [2.05, 4.69) is 20.8 Å². The second-order valence-corrected chi connectivity index (χ2v) is 7.08. The summed E-state index contributed by atoms with van der Waals surface area (Å²) in [4.78, 5) is 24.1.